The second-order valence-corrected chi connectivity index (χ2v) is 10.8. The second kappa shape index (κ2) is 7.29. The van der Waals surface area contributed by atoms with Crippen LogP contribution in [0.25, 0.3) is 0 Å². The van der Waals surface area contributed by atoms with Crippen LogP contribution in [0.2, 0.25) is 0 Å². The minimum atomic E-state index is -1.35. The first-order valence-electron chi connectivity index (χ1n) is 11.4. The molecule has 7 atom stereocenters. The predicted octanol–water partition coefficient (Wildman–Crippen LogP) is 3.14. The predicted molar refractivity (Wildman–Crippen MR) is 112 cm³/mol. The molecule has 0 aromatic heterocycles. The normalized spacial score (nSPS) is 48.3. The summed E-state index contributed by atoms with van der Waals surface area (Å²) in [5.74, 6) is -1.97. The van der Waals surface area contributed by atoms with Crippen LogP contribution in [-0.4, -0.2) is 53.9 Å². The summed E-state index contributed by atoms with van der Waals surface area (Å²) >= 11 is 0. The van der Waals surface area contributed by atoms with Crippen molar-refractivity contribution in [3.63, 3.8) is 0 Å². The third kappa shape index (κ3) is 3.44. The molecule has 0 aromatic rings. The molecule has 2 aliphatic carbocycles. The second-order valence-electron chi connectivity index (χ2n) is 10.8. The van der Waals surface area contributed by atoms with Crippen LogP contribution in [0.3, 0.4) is 0 Å². The number of aliphatic hydroxyl groups is 1. The van der Waals surface area contributed by atoms with E-state index < -0.39 is 17.0 Å². The Bertz CT molecular complexity index is 782. The lowest BCUT2D eigenvalue weighted by molar-refractivity contribution is -0.323. The number of ether oxygens (including phenoxy) is 4. The fraction of sp³-hybridized carbons (Fsp3) is 0.833. The maximum Gasteiger partial charge on any atom is 0.302 e. The monoisotopic (exact) mass is 436 g/mol. The Morgan fingerprint density at radius 1 is 1.13 bits per heavy atom. The summed E-state index contributed by atoms with van der Waals surface area (Å²) < 4.78 is 23.7. The Morgan fingerprint density at radius 3 is 2.45 bits per heavy atom. The van der Waals surface area contributed by atoms with E-state index in [0.29, 0.717) is 19.4 Å². The highest BCUT2D eigenvalue weighted by atomic mass is 16.6. The Hall–Kier alpha value is -1.44. The molecule has 4 fully saturated rings. The molecule has 2 heterocycles. The van der Waals surface area contributed by atoms with Crippen LogP contribution in [0.4, 0.5) is 0 Å². The SMILES string of the molecule is C=C[C@@]1(COC(C)=O)CC[C@@H]2[C@]34CCC[C@](C)(COC(C)=O)[C@@H]3[C@](O)(C[C@]2(C)O1)OC4. The van der Waals surface area contributed by atoms with Crippen LogP contribution in [-0.2, 0) is 28.5 Å². The first-order valence-corrected chi connectivity index (χ1v) is 11.4. The molecule has 2 saturated carbocycles. The first kappa shape index (κ1) is 22.7. The maximum atomic E-state index is 11.8. The van der Waals surface area contributed by atoms with Crippen LogP contribution in [0.15, 0.2) is 12.7 Å². The third-order valence-electron chi connectivity index (χ3n) is 8.53. The van der Waals surface area contributed by atoms with E-state index in [-0.39, 0.29) is 47.8 Å². The standard InChI is InChI=1S/C24H36O7/c1-6-22(14-29-17(3)26)11-8-18-21(5,31-22)12-24(27)19-20(4,13-28-16(2)25)9-7-10-23(18,19)15-30-24/h6,18-19,27H,1,7-15H2,2-5H3/t18-,19-,20+,21-,22-,23+,24-/m0/s1. The van der Waals surface area contributed by atoms with Crippen LogP contribution >= 0.6 is 0 Å². The van der Waals surface area contributed by atoms with E-state index in [9.17, 15) is 14.7 Å². The largest absolute Gasteiger partial charge is 0.465 e. The molecule has 0 radical (unpaired) electrons. The first-order chi connectivity index (χ1) is 14.4. The van der Waals surface area contributed by atoms with Gasteiger partial charge in [0.1, 0.15) is 12.2 Å². The Morgan fingerprint density at radius 2 is 1.81 bits per heavy atom. The van der Waals surface area contributed by atoms with Crippen molar-refractivity contribution in [3.8, 4) is 0 Å². The zero-order valence-corrected chi connectivity index (χ0v) is 19.2. The molecule has 2 aliphatic heterocycles. The summed E-state index contributed by atoms with van der Waals surface area (Å²) in [5, 5.41) is 11.8. The molecule has 0 spiro atoms. The lowest BCUT2D eigenvalue weighted by Crippen LogP contribution is -2.69. The van der Waals surface area contributed by atoms with Gasteiger partial charge in [0, 0.05) is 37.0 Å². The number of hydrogen-bond donors (Lipinski definition) is 1. The number of carbonyl (C=O) groups excluding carboxylic acids is 2. The fourth-order valence-electron chi connectivity index (χ4n) is 7.71. The highest BCUT2D eigenvalue weighted by molar-refractivity contribution is 5.66. The smallest absolute Gasteiger partial charge is 0.302 e. The van der Waals surface area contributed by atoms with Gasteiger partial charge in [-0.3, -0.25) is 9.59 Å². The van der Waals surface area contributed by atoms with E-state index in [0.717, 1.165) is 25.7 Å². The van der Waals surface area contributed by atoms with Gasteiger partial charge in [0.15, 0.2) is 5.79 Å². The molecule has 2 bridgehead atoms. The zero-order chi connectivity index (χ0) is 22.7. The van der Waals surface area contributed by atoms with Crippen molar-refractivity contribution in [2.75, 3.05) is 19.8 Å². The molecule has 174 valence electrons. The average Bonchev–Trinajstić information content (AvgIpc) is 2.94. The van der Waals surface area contributed by atoms with Crippen molar-refractivity contribution in [3.05, 3.63) is 12.7 Å². The van der Waals surface area contributed by atoms with Crippen molar-refractivity contribution < 1.29 is 33.6 Å². The van der Waals surface area contributed by atoms with Crippen molar-refractivity contribution in [2.24, 2.45) is 22.7 Å². The molecule has 7 nitrogen and oxygen atoms in total. The number of hydrogen-bond acceptors (Lipinski definition) is 7. The van der Waals surface area contributed by atoms with Gasteiger partial charge in [0.2, 0.25) is 0 Å². The van der Waals surface area contributed by atoms with Gasteiger partial charge in [-0.15, -0.1) is 6.58 Å². The molecule has 1 N–H and O–H groups in total. The van der Waals surface area contributed by atoms with Gasteiger partial charge < -0.3 is 24.1 Å². The van der Waals surface area contributed by atoms with Gasteiger partial charge in [-0.2, -0.15) is 0 Å². The minimum Gasteiger partial charge on any atom is -0.465 e. The number of carbonyl (C=O) groups is 2. The van der Waals surface area contributed by atoms with Crippen LogP contribution in [0.5, 0.6) is 0 Å². The van der Waals surface area contributed by atoms with E-state index >= 15 is 0 Å². The quantitative estimate of drug-likeness (QED) is 0.523. The van der Waals surface area contributed by atoms with Crippen molar-refractivity contribution >= 4 is 11.9 Å². The molecule has 7 heteroatoms. The number of esters is 2. The molecular formula is C24H36O7. The Labute approximate surface area is 184 Å². The van der Waals surface area contributed by atoms with E-state index in [4.69, 9.17) is 18.9 Å². The van der Waals surface area contributed by atoms with Gasteiger partial charge in [0.05, 0.1) is 18.8 Å². The van der Waals surface area contributed by atoms with Gasteiger partial charge in [-0.1, -0.05) is 19.4 Å². The highest BCUT2D eigenvalue weighted by Crippen LogP contribution is 2.71. The van der Waals surface area contributed by atoms with E-state index in [1.807, 2.05) is 0 Å². The maximum absolute atomic E-state index is 11.8. The lowest BCUT2D eigenvalue weighted by Gasteiger charge is -2.65. The van der Waals surface area contributed by atoms with Gasteiger partial charge in [-0.25, -0.2) is 0 Å². The topological polar surface area (TPSA) is 91.3 Å². The summed E-state index contributed by atoms with van der Waals surface area (Å²) in [7, 11) is 0. The highest BCUT2D eigenvalue weighted by Gasteiger charge is 2.76. The minimum absolute atomic E-state index is 0.119. The fourth-order valence-corrected chi connectivity index (χ4v) is 7.71. The summed E-state index contributed by atoms with van der Waals surface area (Å²) in [4.78, 5) is 23.0. The number of rotatable bonds is 5. The van der Waals surface area contributed by atoms with Gasteiger partial charge in [-0.05, 0) is 38.5 Å². The molecule has 2 saturated heterocycles. The molecule has 0 unspecified atom stereocenters. The molecular weight excluding hydrogens is 400 g/mol. The lowest BCUT2D eigenvalue weighted by atomic mass is 9.43. The summed E-state index contributed by atoms with van der Waals surface area (Å²) in [6, 6.07) is 0. The van der Waals surface area contributed by atoms with Crippen LogP contribution < -0.4 is 0 Å². The molecule has 0 aromatic carbocycles. The van der Waals surface area contributed by atoms with E-state index in [1.165, 1.54) is 13.8 Å². The molecule has 31 heavy (non-hydrogen) atoms. The molecule has 0 amide bonds. The number of fused-ring (bicyclic) bond motifs is 1. The zero-order valence-electron chi connectivity index (χ0n) is 19.2. The van der Waals surface area contributed by atoms with E-state index in [1.54, 1.807) is 6.08 Å². The van der Waals surface area contributed by atoms with E-state index in [2.05, 4.69) is 20.4 Å². The summed E-state index contributed by atoms with van der Waals surface area (Å²) in [6.07, 6.45) is 6.43. The molecule has 4 rings (SSSR count). The summed E-state index contributed by atoms with van der Waals surface area (Å²) in [6.45, 7) is 11.8. The Balaban J connectivity index is 1.68. The summed E-state index contributed by atoms with van der Waals surface area (Å²) in [5.41, 5.74) is -2.02. The van der Waals surface area contributed by atoms with Gasteiger partial charge >= 0.3 is 11.9 Å². The van der Waals surface area contributed by atoms with Crippen molar-refractivity contribution in [1.29, 1.82) is 0 Å². The molecule has 4 aliphatic rings. The van der Waals surface area contributed by atoms with Crippen molar-refractivity contribution in [2.45, 2.75) is 83.2 Å². The van der Waals surface area contributed by atoms with Crippen LogP contribution in [0, 0.1) is 22.7 Å². The van der Waals surface area contributed by atoms with Crippen molar-refractivity contribution in [1.82, 2.24) is 0 Å². The third-order valence-corrected chi connectivity index (χ3v) is 8.53. The Kier molecular flexibility index (Phi) is 5.35. The van der Waals surface area contributed by atoms with Gasteiger partial charge in [0.25, 0.3) is 0 Å². The van der Waals surface area contributed by atoms with Crippen LogP contribution in [0.1, 0.15) is 66.2 Å². The average molecular weight is 437 g/mol.